The van der Waals surface area contributed by atoms with E-state index in [0.29, 0.717) is 0 Å². The molecule has 0 saturated carbocycles. The molecule has 0 aliphatic carbocycles. The normalized spacial score (nSPS) is 18.3. The number of hydrogen-bond acceptors (Lipinski definition) is 4. The van der Waals surface area contributed by atoms with Crippen LogP contribution in [-0.4, -0.2) is 30.2 Å². The molecule has 0 bridgehead atoms. The lowest BCUT2D eigenvalue weighted by molar-refractivity contribution is -0.122. The second-order valence-electron chi connectivity index (χ2n) is 8.21. The molecular formula is C24H39N3O2S. The van der Waals surface area contributed by atoms with Gasteiger partial charge in [0.1, 0.15) is 0 Å². The zero-order valence-electron chi connectivity index (χ0n) is 18.7. The Hall–Kier alpha value is -1.53. The molecule has 1 saturated heterocycles. The maximum Gasteiger partial charge on any atom is 0.238 e. The first-order valence-corrected chi connectivity index (χ1v) is 12.7. The van der Waals surface area contributed by atoms with Crippen molar-refractivity contribution in [2.45, 2.75) is 89.5 Å². The van der Waals surface area contributed by atoms with E-state index in [9.17, 15) is 9.59 Å². The number of carbonyl (C=O) groups excluding carboxylic acids is 2. The Morgan fingerprint density at radius 2 is 1.57 bits per heavy atom. The van der Waals surface area contributed by atoms with Crippen LogP contribution >= 0.6 is 11.8 Å². The van der Waals surface area contributed by atoms with E-state index in [-0.39, 0.29) is 23.2 Å². The van der Waals surface area contributed by atoms with Gasteiger partial charge in [-0.1, -0.05) is 76.8 Å². The van der Waals surface area contributed by atoms with Crippen LogP contribution in [0.2, 0.25) is 0 Å². The Balaban J connectivity index is 1.54. The average molecular weight is 434 g/mol. The number of benzene rings is 1. The van der Waals surface area contributed by atoms with Gasteiger partial charge in [-0.25, -0.2) is 0 Å². The highest BCUT2D eigenvalue weighted by molar-refractivity contribution is 7.99. The van der Waals surface area contributed by atoms with Crippen LogP contribution in [0.15, 0.2) is 24.3 Å². The van der Waals surface area contributed by atoms with Gasteiger partial charge in [-0.2, -0.15) is 0 Å². The third-order valence-corrected chi connectivity index (χ3v) is 6.73. The quantitative estimate of drug-likeness (QED) is 0.344. The second kappa shape index (κ2) is 14.5. The molecule has 6 heteroatoms. The first-order chi connectivity index (χ1) is 14.6. The maximum atomic E-state index is 12.4. The molecule has 1 fully saturated rings. The lowest BCUT2D eigenvalue weighted by Crippen LogP contribution is -2.42. The minimum Gasteiger partial charge on any atom is -0.355 e. The number of thioether (sulfide) groups is 1. The van der Waals surface area contributed by atoms with Crippen molar-refractivity contribution >= 4 is 29.3 Å². The molecule has 3 N–H and O–H groups in total. The van der Waals surface area contributed by atoms with Crippen molar-refractivity contribution in [2.75, 3.05) is 17.6 Å². The van der Waals surface area contributed by atoms with Crippen LogP contribution in [-0.2, 0) is 9.59 Å². The number of rotatable bonds is 14. The molecule has 1 aromatic rings. The van der Waals surface area contributed by atoms with Crippen LogP contribution in [0.4, 0.5) is 5.69 Å². The zero-order valence-corrected chi connectivity index (χ0v) is 19.5. The molecule has 1 aliphatic rings. The molecule has 30 heavy (non-hydrogen) atoms. The summed E-state index contributed by atoms with van der Waals surface area (Å²) in [5.41, 5.74) is 1.92. The van der Waals surface area contributed by atoms with Crippen LogP contribution in [0.25, 0.3) is 0 Å². The summed E-state index contributed by atoms with van der Waals surface area (Å²) in [6, 6.07) is 7.66. The van der Waals surface area contributed by atoms with Gasteiger partial charge < -0.3 is 10.6 Å². The Morgan fingerprint density at radius 1 is 0.967 bits per heavy atom. The summed E-state index contributed by atoms with van der Waals surface area (Å²) in [5, 5.41) is 9.40. The third kappa shape index (κ3) is 9.52. The topological polar surface area (TPSA) is 70.2 Å². The monoisotopic (exact) mass is 433 g/mol. The highest BCUT2D eigenvalue weighted by Crippen LogP contribution is 2.33. The zero-order chi connectivity index (χ0) is 21.6. The van der Waals surface area contributed by atoms with Crippen molar-refractivity contribution in [3.05, 3.63) is 29.8 Å². The Kier molecular flexibility index (Phi) is 11.9. The molecule has 0 radical (unpaired) electrons. The Labute approximate surface area is 186 Å². The van der Waals surface area contributed by atoms with E-state index < -0.39 is 0 Å². The Bertz CT molecular complexity index is 636. The molecule has 2 rings (SSSR count). The van der Waals surface area contributed by atoms with Crippen LogP contribution in [0.5, 0.6) is 0 Å². The van der Waals surface area contributed by atoms with E-state index in [1.54, 1.807) is 11.8 Å². The molecule has 168 valence electrons. The predicted molar refractivity (Wildman–Crippen MR) is 128 cm³/mol. The first-order valence-electron chi connectivity index (χ1n) is 11.6. The molecule has 5 nitrogen and oxygen atoms in total. The van der Waals surface area contributed by atoms with Crippen molar-refractivity contribution in [1.29, 1.82) is 0 Å². The van der Waals surface area contributed by atoms with Crippen molar-refractivity contribution in [3.8, 4) is 0 Å². The summed E-state index contributed by atoms with van der Waals surface area (Å²) >= 11 is 1.75. The summed E-state index contributed by atoms with van der Waals surface area (Å²) < 4.78 is 0. The van der Waals surface area contributed by atoms with Crippen molar-refractivity contribution in [1.82, 2.24) is 10.6 Å². The SMILES string of the molecule is CCCCCCCCCCCCNC(=O)[C@@H]1CSC(c2ccc(NC(C)=O)cc2)N1. The molecule has 1 aliphatic heterocycles. The van der Waals surface area contributed by atoms with Crippen molar-refractivity contribution < 1.29 is 9.59 Å². The summed E-state index contributed by atoms with van der Waals surface area (Å²) in [7, 11) is 0. The fraction of sp³-hybridized carbons (Fsp3) is 0.667. The van der Waals surface area contributed by atoms with E-state index in [2.05, 4.69) is 22.9 Å². The molecule has 0 aromatic heterocycles. The summed E-state index contributed by atoms with van der Waals surface area (Å²) in [6.45, 7) is 4.53. The lowest BCUT2D eigenvalue weighted by Gasteiger charge is -2.14. The number of amides is 2. The largest absolute Gasteiger partial charge is 0.355 e. The van der Waals surface area contributed by atoms with Crippen molar-refractivity contribution in [3.63, 3.8) is 0 Å². The third-order valence-electron chi connectivity index (χ3n) is 5.46. The van der Waals surface area contributed by atoms with E-state index in [1.807, 2.05) is 24.3 Å². The van der Waals surface area contributed by atoms with Crippen LogP contribution in [0, 0.1) is 0 Å². The summed E-state index contributed by atoms with van der Waals surface area (Å²) in [4.78, 5) is 23.5. The number of carbonyl (C=O) groups is 2. The van der Waals surface area contributed by atoms with E-state index in [1.165, 1.54) is 64.7 Å². The number of unbranched alkanes of at least 4 members (excludes halogenated alkanes) is 9. The average Bonchev–Trinajstić information content (AvgIpc) is 3.22. The minimum absolute atomic E-state index is 0.0738. The van der Waals surface area contributed by atoms with Gasteiger partial charge in [0.05, 0.1) is 11.4 Å². The summed E-state index contributed by atoms with van der Waals surface area (Å²) in [5.74, 6) is 0.813. The standard InChI is InChI=1S/C24H39N3O2S/c1-3-4-5-6-7-8-9-10-11-12-17-25-23(29)22-18-30-24(27-22)20-13-15-21(16-14-20)26-19(2)28/h13-16,22,24,27H,3-12,17-18H2,1-2H3,(H,25,29)(H,26,28)/t22-,24?/m0/s1. The minimum atomic E-state index is -0.141. The highest BCUT2D eigenvalue weighted by atomic mass is 32.2. The number of anilines is 1. The number of hydrogen-bond donors (Lipinski definition) is 3. The van der Waals surface area contributed by atoms with E-state index in [0.717, 1.165) is 30.0 Å². The van der Waals surface area contributed by atoms with Gasteiger partial charge in [-0.3, -0.25) is 14.9 Å². The van der Waals surface area contributed by atoms with Gasteiger partial charge in [0, 0.05) is 24.9 Å². The number of nitrogens with one attached hydrogen (secondary N) is 3. The Morgan fingerprint density at radius 3 is 2.17 bits per heavy atom. The van der Waals surface area contributed by atoms with Gasteiger partial charge in [-0.05, 0) is 24.1 Å². The van der Waals surface area contributed by atoms with Gasteiger partial charge in [0.2, 0.25) is 11.8 Å². The van der Waals surface area contributed by atoms with Crippen LogP contribution in [0.3, 0.4) is 0 Å². The van der Waals surface area contributed by atoms with Gasteiger partial charge in [0.15, 0.2) is 0 Å². The van der Waals surface area contributed by atoms with Crippen LogP contribution in [0.1, 0.15) is 89.0 Å². The fourth-order valence-corrected chi connectivity index (χ4v) is 4.95. The maximum absolute atomic E-state index is 12.4. The van der Waals surface area contributed by atoms with Gasteiger partial charge in [0.25, 0.3) is 0 Å². The smallest absolute Gasteiger partial charge is 0.238 e. The molecule has 2 atom stereocenters. The first kappa shape index (κ1) is 24.7. The van der Waals surface area contributed by atoms with E-state index in [4.69, 9.17) is 0 Å². The van der Waals surface area contributed by atoms with E-state index >= 15 is 0 Å². The van der Waals surface area contributed by atoms with Gasteiger partial charge in [-0.15, -0.1) is 11.8 Å². The van der Waals surface area contributed by atoms with Crippen LogP contribution < -0.4 is 16.0 Å². The fourth-order valence-electron chi connectivity index (χ4n) is 3.71. The molecule has 1 unspecified atom stereocenters. The molecule has 0 spiro atoms. The summed E-state index contributed by atoms with van der Waals surface area (Å²) in [6.07, 6.45) is 13.1. The molecule has 1 aromatic carbocycles. The molecule has 2 amide bonds. The molecular weight excluding hydrogens is 394 g/mol. The second-order valence-corrected chi connectivity index (χ2v) is 9.35. The van der Waals surface area contributed by atoms with Gasteiger partial charge >= 0.3 is 0 Å². The van der Waals surface area contributed by atoms with Crippen molar-refractivity contribution in [2.24, 2.45) is 0 Å². The predicted octanol–water partition coefficient (Wildman–Crippen LogP) is 5.39. The lowest BCUT2D eigenvalue weighted by atomic mass is 10.1. The molecule has 1 heterocycles. The highest BCUT2D eigenvalue weighted by Gasteiger charge is 2.30.